The SMILES string of the molecule is Nc1nc(NCc2cnccn2)c2ccc(C3=CC=NC3)cc2n1. The zero-order valence-electron chi connectivity index (χ0n) is 12.8. The maximum Gasteiger partial charge on any atom is 0.222 e. The molecule has 3 N–H and O–H groups in total. The summed E-state index contributed by atoms with van der Waals surface area (Å²) in [6.07, 6.45) is 8.85. The van der Waals surface area contributed by atoms with Gasteiger partial charge in [0.1, 0.15) is 5.82 Å². The summed E-state index contributed by atoms with van der Waals surface area (Å²) in [6, 6.07) is 6.07. The molecule has 7 nitrogen and oxygen atoms in total. The Bertz CT molecular complexity index is 948. The van der Waals surface area contributed by atoms with Crippen molar-refractivity contribution >= 4 is 34.5 Å². The highest BCUT2D eigenvalue weighted by Crippen LogP contribution is 2.26. The molecule has 0 saturated carbocycles. The van der Waals surface area contributed by atoms with E-state index in [-0.39, 0.29) is 5.95 Å². The first-order valence-electron chi connectivity index (χ1n) is 7.55. The third-order valence-electron chi connectivity index (χ3n) is 3.78. The Morgan fingerprint density at radius 2 is 2.12 bits per heavy atom. The third kappa shape index (κ3) is 2.79. The van der Waals surface area contributed by atoms with Gasteiger partial charge in [0.2, 0.25) is 5.95 Å². The van der Waals surface area contributed by atoms with E-state index in [4.69, 9.17) is 5.73 Å². The van der Waals surface area contributed by atoms with E-state index in [1.54, 1.807) is 18.6 Å². The Labute approximate surface area is 138 Å². The second kappa shape index (κ2) is 6.04. The molecule has 118 valence electrons. The van der Waals surface area contributed by atoms with E-state index in [0.29, 0.717) is 18.9 Å². The Hall–Kier alpha value is -3.35. The molecule has 0 bridgehead atoms. The summed E-state index contributed by atoms with van der Waals surface area (Å²) in [7, 11) is 0. The standard InChI is InChI=1S/C17H15N7/c18-17-23-15-7-11(12-3-4-19-8-12)1-2-14(15)16(24-17)22-10-13-9-20-5-6-21-13/h1-7,9H,8,10H2,(H3,18,22,23,24). The number of hydrogen-bond acceptors (Lipinski definition) is 7. The number of nitrogens with two attached hydrogens (primary N) is 1. The van der Waals surface area contributed by atoms with Crippen LogP contribution in [-0.2, 0) is 6.54 Å². The van der Waals surface area contributed by atoms with Gasteiger partial charge in [0.05, 0.1) is 30.5 Å². The summed E-state index contributed by atoms with van der Waals surface area (Å²) in [5.74, 6) is 0.921. The van der Waals surface area contributed by atoms with Crippen LogP contribution in [0.25, 0.3) is 16.5 Å². The zero-order valence-corrected chi connectivity index (χ0v) is 12.8. The normalized spacial score (nSPS) is 13.2. The van der Waals surface area contributed by atoms with Gasteiger partial charge >= 0.3 is 0 Å². The average Bonchev–Trinajstić information content (AvgIpc) is 3.14. The highest BCUT2D eigenvalue weighted by Gasteiger charge is 2.10. The summed E-state index contributed by atoms with van der Waals surface area (Å²) in [5, 5.41) is 4.17. The fraction of sp³-hybridized carbons (Fsp3) is 0.118. The van der Waals surface area contributed by atoms with E-state index in [1.165, 1.54) is 5.57 Å². The first kappa shape index (κ1) is 14.3. The van der Waals surface area contributed by atoms with Gasteiger partial charge in [0.25, 0.3) is 0 Å². The molecule has 3 heterocycles. The van der Waals surface area contributed by atoms with Crippen LogP contribution in [0.2, 0.25) is 0 Å². The lowest BCUT2D eigenvalue weighted by Gasteiger charge is -2.10. The average molecular weight is 317 g/mol. The van der Waals surface area contributed by atoms with Crippen molar-refractivity contribution < 1.29 is 0 Å². The lowest BCUT2D eigenvalue weighted by molar-refractivity contribution is 0.999. The molecule has 0 fully saturated rings. The monoisotopic (exact) mass is 317 g/mol. The number of benzene rings is 1. The number of fused-ring (bicyclic) bond motifs is 1. The first-order chi connectivity index (χ1) is 11.8. The van der Waals surface area contributed by atoms with E-state index in [2.05, 4.69) is 36.3 Å². The van der Waals surface area contributed by atoms with Crippen LogP contribution in [0.4, 0.5) is 11.8 Å². The van der Waals surface area contributed by atoms with E-state index in [9.17, 15) is 0 Å². The maximum atomic E-state index is 5.87. The van der Waals surface area contributed by atoms with E-state index >= 15 is 0 Å². The molecule has 1 aliphatic rings. The Morgan fingerprint density at radius 3 is 2.92 bits per heavy atom. The molecule has 0 saturated heterocycles. The smallest absolute Gasteiger partial charge is 0.222 e. The van der Waals surface area contributed by atoms with Gasteiger partial charge in [-0.1, -0.05) is 6.07 Å². The summed E-state index contributed by atoms with van der Waals surface area (Å²) in [5.41, 5.74) is 9.76. The van der Waals surface area contributed by atoms with Crippen molar-refractivity contribution in [3.8, 4) is 0 Å². The zero-order chi connectivity index (χ0) is 16.4. The van der Waals surface area contributed by atoms with Gasteiger partial charge in [-0.15, -0.1) is 0 Å². The van der Waals surface area contributed by atoms with Gasteiger partial charge in [-0.25, -0.2) is 4.98 Å². The number of nitrogens with zero attached hydrogens (tertiary/aromatic N) is 5. The molecule has 7 heteroatoms. The van der Waals surface area contributed by atoms with E-state index in [0.717, 1.165) is 22.2 Å². The van der Waals surface area contributed by atoms with Gasteiger partial charge in [0.15, 0.2) is 0 Å². The van der Waals surface area contributed by atoms with Crippen molar-refractivity contribution in [2.75, 3.05) is 17.6 Å². The summed E-state index contributed by atoms with van der Waals surface area (Å²) < 4.78 is 0. The Morgan fingerprint density at radius 1 is 1.17 bits per heavy atom. The lowest BCUT2D eigenvalue weighted by atomic mass is 10.0. The third-order valence-corrected chi connectivity index (χ3v) is 3.78. The first-order valence-corrected chi connectivity index (χ1v) is 7.55. The quantitative estimate of drug-likeness (QED) is 0.764. The van der Waals surface area contributed by atoms with Crippen molar-refractivity contribution in [2.24, 2.45) is 4.99 Å². The van der Waals surface area contributed by atoms with Gasteiger partial charge in [-0.05, 0) is 29.3 Å². The molecule has 0 unspecified atom stereocenters. The van der Waals surface area contributed by atoms with Gasteiger partial charge in [-0.3, -0.25) is 15.0 Å². The van der Waals surface area contributed by atoms with Crippen LogP contribution in [-0.4, -0.2) is 32.7 Å². The second-order valence-corrected chi connectivity index (χ2v) is 5.39. The minimum Gasteiger partial charge on any atom is -0.368 e. The number of aliphatic imine (C=N–C) groups is 1. The van der Waals surface area contributed by atoms with Crippen LogP contribution in [0.3, 0.4) is 0 Å². The Kier molecular flexibility index (Phi) is 3.59. The molecule has 1 aromatic carbocycles. The maximum absolute atomic E-state index is 5.87. The summed E-state index contributed by atoms with van der Waals surface area (Å²) >= 11 is 0. The van der Waals surface area contributed by atoms with Crippen LogP contribution < -0.4 is 11.1 Å². The van der Waals surface area contributed by atoms with Crippen LogP contribution in [0.5, 0.6) is 0 Å². The summed E-state index contributed by atoms with van der Waals surface area (Å²) in [4.78, 5) is 21.2. The fourth-order valence-corrected chi connectivity index (χ4v) is 2.61. The van der Waals surface area contributed by atoms with Crippen molar-refractivity contribution in [3.63, 3.8) is 0 Å². The second-order valence-electron chi connectivity index (χ2n) is 5.39. The van der Waals surface area contributed by atoms with E-state index < -0.39 is 0 Å². The molecule has 4 rings (SSSR count). The molecular weight excluding hydrogens is 302 g/mol. The Balaban J connectivity index is 1.67. The molecule has 0 aliphatic carbocycles. The highest BCUT2D eigenvalue weighted by molar-refractivity contribution is 5.95. The lowest BCUT2D eigenvalue weighted by Crippen LogP contribution is -2.06. The number of allylic oxidation sites excluding steroid dienone is 1. The van der Waals surface area contributed by atoms with Gasteiger partial charge in [0, 0.05) is 24.0 Å². The molecule has 0 spiro atoms. The highest BCUT2D eigenvalue weighted by atomic mass is 15.1. The molecule has 24 heavy (non-hydrogen) atoms. The number of aromatic nitrogens is 4. The summed E-state index contributed by atoms with van der Waals surface area (Å²) in [6.45, 7) is 1.21. The molecule has 0 radical (unpaired) electrons. The van der Waals surface area contributed by atoms with Crippen molar-refractivity contribution in [1.82, 2.24) is 19.9 Å². The van der Waals surface area contributed by atoms with Crippen molar-refractivity contribution in [1.29, 1.82) is 0 Å². The predicted octanol–water partition coefficient (Wildman–Crippen LogP) is 2.08. The molecule has 2 aromatic heterocycles. The van der Waals surface area contributed by atoms with Gasteiger partial charge < -0.3 is 11.1 Å². The number of anilines is 2. The van der Waals surface area contributed by atoms with Crippen LogP contribution in [0.1, 0.15) is 11.3 Å². The van der Waals surface area contributed by atoms with Crippen molar-refractivity contribution in [2.45, 2.75) is 6.54 Å². The molecule has 3 aromatic rings. The topological polar surface area (TPSA) is 102 Å². The van der Waals surface area contributed by atoms with Crippen LogP contribution in [0, 0.1) is 0 Å². The number of rotatable bonds is 4. The molecule has 0 atom stereocenters. The number of nitrogen functional groups attached to an aromatic ring is 1. The van der Waals surface area contributed by atoms with Gasteiger partial charge in [-0.2, -0.15) is 4.98 Å². The number of hydrogen-bond donors (Lipinski definition) is 2. The van der Waals surface area contributed by atoms with Crippen LogP contribution >= 0.6 is 0 Å². The number of nitrogens with one attached hydrogen (secondary N) is 1. The molecule has 1 aliphatic heterocycles. The van der Waals surface area contributed by atoms with Crippen molar-refractivity contribution in [3.05, 3.63) is 54.1 Å². The van der Waals surface area contributed by atoms with E-state index in [1.807, 2.05) is 24.4 Å². The van der Waals surface area contributed by atoms with Crippen LogP contribution in [0.15, 0.2) is 47.9 Å². The fourth-order valence-electron chi connectivity index (χ4n) is 2.61. The largest absolute Gasteiger partial charge is 0.368 e. The minimum absolute atomic E-state index is 0.234. The predicted molar refractivity (Wildman–Crippen MR) is 94.6 cm³/mol. The molecular formula is C17H15N7. The molecule has 0 amide bonds. The minimum atomic E-state index is 0.234.